The van der Waals surface area contributed by atoms with Crippen LogP contribution in [-0.2, 0) is 9.59 Å². The number of nitrogens with one attached hydrogen (secondary N) is 3. The van der Waals surface area contributed by atoms with Crippen LogP contribution in [-0.4, -0.2) is 41.4 Å². The lowest BCUT2D eigenvalue weighted by molar-refractivity contribution is -0.123. The van der Waals surface area contributed by atoms with E-state index in [0.29, 0.717) is 11.3 Å². The molecule has 1 atom stereocenters. The van der Waals surface area contributed by atoms with E-state index in [-0.39, 0.29) is 22.9 Å². The summed E-state index contributed by atoms with van der Waals surface area (Å²) in [5.74, 6) is -2.20. The third-order valence-electron chi connectivity index (χ3n) is 4.17. The van der Waals surface area contributed by atoms with Gasteiger partial charge in [-0.15, -0.1) is 11.8 Å². The molecule has 0 aromatic heterocycles. The van der Waals surface area contributed by atoms with Gasteiger partial charge in [-0.25, -0.2) is 4.39 Å². The van der Waals surface area contributed by atoms with Crippen molar-refractivity contribution in [3.63, 3.8) is 0 Å². The van der Waals surface area contributed by atoms with E-state index in [9.17, 15) is 31.9 Å². The maximum absolute atomic E-state index is 12.9. The van der Waals surface area contributed by atoms with Crippen LogP contribution in [0, 0.1) is 12.7 Å². The summed E-state index contributed by atoms with van der Waals surface area (Å²) in [6.07, 6.45) is -4.53. The van der Waals surface area contributed by atoms with Gasteiger partial charge < -0.3 is 16.0 Å². The van der Waals surface area contributed by atoms with Crippen molar-refractivity contribution < 1.29 is 31.9 Å². The zero-order chi connectivity index (χ0) is 23.9. The Hall–Kier alpha value is -3.08. The Morgan fingerprint density at radius 3 is 2.31 bits per heavy atom. The number of anilines is 2. The summed E-state index contributed by atoms with van der Waals surface area (Å²) < 4.78 is 49.8. The highest BCUT2D eigenvalue weighted by atomic mass is 32.2. The molecular weight excluding hydrogens is 450 g/mol. The third kappa shape index (κ3) is 8.22. The van der Waals surface area contributed by atoms with Crippen molar-refractivity contribution in [2.24, 2.45) is 0 Å². The molecule has 2 aromatic carbocycles. The van der Waals surface area contributed by atoms with Crippen molar-refractivity contribution >= 4 is 40.9 Å². The average Bonchev–Trinajstić information content (AvgIpc) is 2.72. The summed E-state index contributed by atoms with van der Waals surface area (Å²) >= 11 is 1.06. The fraction of sp³-hybridized carbons (Fsp3) is 0.286. The van der Waals surface area contributed by atoms with Gasteiger partial charge in [0.05, 0.1) is 11.0 Å². The van der Waals surface area contributed by atoms with Gasteiger partial charge in [-0.2, -0.15) is 13.2 Å². The van der Waals surface area contributed by atoms with E-state index in [0.717, 1.165) is 11.8 Å². The monoisotopic (exact) mass is 471 g/mol. The summed E-state index contributed by atoms with van der Waals surface area (Å²) in [6.45, 7) is 1.79. The number of rotatable bonds is 8. The normalized spacial score (nSPS) is 12.1. The molecule has 0 saturated heterocycles. The van der Waals surface area contributed by atoms with Crippen molar-refractivity contribution in [2.45, 2.75) is 25.3 Å². The maximum Gasteiger partial charge on any atom is 0.405 e. The lowest BCUT2D eigenvalue weighted by Crippen LogP contribution is -2.33. The molecule has 6 nitrogen and oxygen atoms in total. The van der Waals surface area contributed by atoms with E-state index >= 15 is 0 Å². The van der Waals surface area contributed by atoms with Gasteiger partial charge >= 0.3 is 6.18 Å². The van der Waals surface area contributed by atoms with Gasteiger partial charge in [0.1, 0.15) is 12.4 Å². The van der Waals surface area contributed by atoms with E-state index in [1.807, 2.05) is 0 Å². The molecule has 32 heavy (non-hydrogen) atoms. The minimum atomic E-state index is -4.53. The first-order valence-electron chi connectivity index (χ1n) is 9.38. The molecule has 2 rings (SSSR count). The topological polar surface area (TPSA) is 87.3 Å². The Morgan fingerprint density at radius 2 is 1.69 bits per heavy atom. The molecule has 0 fully saturated rings. The fourth-order valence-electron chi connectivity index (χ4n) is 2.42. The van der Waals surface area contributed by atoms with E-state index in [4.69, 9.17) is 0 Å². The quantitative estimate of drug-likeness (QED) is 0.506. The summed E-state index contributed by atoms with van der Waals surface area (Å²) in [4.78, 5) is 36.4. The molecule has 172 valence electrons. The SMILES string of the molecule is Cc1ccc(C(=O)NCC(F)(F)F)cc1NC(=O)C(C)SCC(=O)Nc1ccc(F)cc1. The second-order valence-corrected chi connectivity index (χ2v) is 8.15. The number of carbonyl (C=O) groups is 3. The van der Waals surface area contributed by atoms with Crippen LogP contribution in [0.25, 0.3) is 0 Å². The van der Waals surface area contributed by atoms with E-state index < -0.39 is 35.6 Å². The Balaban J connectivity index is 1.91. The van der Waals surface area contributed by atoms with Crippen LogP contribution in [0.5, 0.6) is 0 Å². The number of thioether (sulfide) groups is 1. The lowest BCUT2D eigenvalue weighted by atomic mass is 10.1. The van der Waals surface area contributed by atoms with Gasteiger partial charge in [-0.1, -0.05) is 6.07 Å². The Morgan fingerprint density at radius 1 is 1.03 bits per heavy atom. The van der Waals surface area contributed by atoms with Gasteiger partial charge in [-0.05, 0) is 55.8 Å². The highest BCUT2D eigenvalue weighted by molar-refractivity contribution is 8.01. The van der Waals surface area contributed by atoms with Crippen molar-refractivity contribution in [3.8, 4) is 0 Å². The molecule has 0 aliphatic rings. The maximum atomic E-state index is 12.9. The van der Waals surface area contributed by atoms with Gasteiger partial charge in [0.25, 0.3) is 5.91 Å². The number of carbonyl (C=O) groups excluding carboxylic acids is 3. The number of halogens is 4. The highest BCUT2D eigenvalue weighted by Gasteiger charge is 2.28. The highest BCUT2D eigenvalue weighted by Crippen LogP contribution is 2.20. The molecule has 2 aromatic rings. The van der Waals surface area contributed by atoms with Crippen molar-refractivity contribution in [1.29, 1.82) is 0 Å². The molecule has 0 spiro atoms. The van der Waals surface area contributed by atoms with Crippen LogP contribution in [0.2, 0.25) is 0 Å². The minimum Gasteiger partial charge on any atom is -0.343 e. The van der Waals surface area contributed by atoms with Crippen LogP contribution >= 0.6 is 11.8 Å². The summed E-state index contributed by atoms with van der Waals surface area (Å²) in [7, 11) is 0. The van der Waals surface area contributed by atoms with Gasteiger partial charge in [0, 0.05) is 16.9 Å². The Kier molecular flexibility index (Phi) is 8.64. The van der Waals surface area contributed by atoms with Crippen LogP contribution in [0.15, 0.2) is 42.5 Å². The average molecular weight is 471 g/mol. The van der Waals surface area contributed by atoms with Crippen molar-refractivity contribution in [1.82, 2.24) is 5.32 Å². The van der Waals surface area contributed by atoms with Crippen molar-refractivity contribution in [2.75, 3.05) is 22.9 Å². The molecule has 0 radical (unpaired) electrons. The number of aryl methyl sites for hydroxylation is 1. The fourth-order valence-corrected chi connectivity index (χ4v) is 3.11. The predicted molar refractivity (Wildman–Crippen MR) is 115 cm³/mol. The predicted octanol–water partition coefficient (Wildman–Crippen LogP) is 4.13. The van der Waals surface area contributed by atoms with Crippen LogP contribution in [0.4, 0.5) is 28.9 Å². The second-order valence-electron chi connectivity index (χ2n) is 6.83. The molecule has 3 amide bonds. The summed E-state index contributed by atoms with van der Waals surface area (Å²) in [5.41, 5.74) is 1.27. The molecule has 1 unspecified atom stereocenters. The van der Waals surface area contributed by atoms with Crippen molar-refractivity contribution in [3.05, 3.63) is 59.4 Å². The van der Waals surface area contributed by atoms with Crippen LogP contribution < -0.4 is 16.0 Å². The minimum absolute atomic E-state index is 0.0332. The molecule has 11 heteroatoms. The third-order valence-corrected chi connectivity index (χ3v) is 5.31. The Labute approximate surface area is 186 Å². The number of amides is 3. The smallest absolute Gasteiger partial charge is 0.343 e. The molecular formula is C21H21F4N3O3S. The first-order chi connectivity index (χ1) is 14.9. The zero-order valence-electron chi connectivity index (χ0n) is 17.2. The first-order valence-corrected chi connectivity index (χ1v) is 10.4. The van der Waals surface area contributed by atoms with Gasteiger partial charge in [0.15, 0.2) is 0 Å². The number of hydrogen-bond acceptors (Lipinski definition) is 4. The van der Waals surface area contributed by atoms with Crippen LogP contribution in [0.3, 0.4) is 0 Å². The molecule has 0 saturated carbocycles. The van der Waals surface area contributed by atoms with Gasteiger partial charge in [-0.3, -0.25) is 14.4 Å². The standard InChI is InChI=1S/C21H21F4N3O3S/c1-12-3-4-14(20(31)26-11-21(23,24)25)9-17(12)28-19(30)13(2)32-10-18(29)27-16-7-5-15(22)6-8-16/h3-9,13H,10-11H2,1-2H3,(H,26,31)(H,27,29)(H,28,30). The van der Waals surface area contributed by atoms with E-state index in [1.54, 1.807) is 19.2 Å². The lowest BCUT2D eigenvalue weighted by Gasteiger charge is -2.15. The van der Waals surface area contributed by atoms with E-state index in [1.165, 1.54) is 42.5 Å². The molecule has 0 bridgehead atoms. The molecule has 3 N–H and O–H groups in total. The van der Waals surface area contributed by atoms with Crippen LogP contribution in [0.1, 0.15) is 22.8 Å². The molecule has 0 heterocycles. The summed E-state index contributed by atoms with van der Waals surface area (Å²) in [5, 5.41) is 6.33. The number of hydrogen-bond donors (Lipinski definition) is 3. The number of benzene rings is 2. The second kappa shape index (κ2) is 11.0. The molecule has 0 aliphatic carbocycles. The number of alkyl halides is 3. The van der Waals surface area contributed by atoms with E-state index in [2.05, 4.69) is 10.6 Å². The zero-order valence-corrected chi connectivity index (χ0v) is 18.0. The molecule has 0 aliphatic heterocycles. The first kappa shape index (κ1) is 25.2. The van der Waals surface area contributed by atoms with Gasteiger partial charge in [0.2, 0.25) is 11.8 Å². The largest absolute Gasteiger partial charge is 0.405 e. The summed E-state index contributed by atoms with van der Waals surface area (Å²) in [6, 6.07) is 9.39. The Bertz CT molecular complexity index is 981.